The van der Waals surface area contributed by atoms with Crippen LogP contribution < -0.4 is 4.74 Å². The van der Waals surface area contributed by atoms with Gasteiger partial charge in [-0.3, -0.25) is 19.7 Å². The maximum atomic E-state index is 12.4. The fourth-order valence-corrected chi connectivity index (χ4v) is 2.98. The normalized spacial score (nSPS) is 19.0. The van der Waals surface area contributed by atoms with Gasteiger partial charge in [0.25, 0.3) is 5.69 Å². The van der Waals surface area contributed by atoms with E-state index in [1.165, 1.54) is 19.2 Å². The number of rotatable bonds is 6. The standard InChI is InChI=1S/C18H21N3O7/c1-5-28-17(24)14-16(23)15(12(22)9-18(14,2)3)20-19-11-7-6-10(21(25)26)8-13(11)27-4/h6-8,14,23H,5,9H2,1-4H3/b20-19+. The van der Waals surface area contributed by atoms with Gasteiger partial charge in [0, 0.05) is 12.5 Å². The van der Waals surface area contributed by atoms with E-state index in [9.17, 15) is 24.8 Å². The van der Waals surface area contributed by atoms with Crippen LogP contribution in [-0.4, -0.2) is 35.5 Å². The van der Waals surface area contributed by atoms with Gasteiger partial charge >= 0.3 is 5.97 Å². The highest BCUT2D eigenvalue weighted by molar-refractivity contribution is 5.99. The minimum absolute atomic E-state index is 0.0354. The summed E-state index contributed by atoms with van der Waals surface area (Å²) in [5.74, 6) is -2.63. The van der Waals surface area contributed by atoms with Crippen LogP contribution in [0.5, 0.6) is 5.75 Å². The van der Waals surface area contributed by atoms with Gasteiger partial charge in [0.15, 0.2) is 17.2 Å². The number of benzene rings is 1. The van der Waals surface area contributed by atoms with Crippen molar-refractivity contribution in [3.05, 3.63) is 39.8 Å². The predicted molar refractivity (Wildman–Crippen MR) is 97.3 cm³/mol. The first-order valence-electron chi connectivity index (χ1n) is 8.49. The Balaban J connectivity index is 2.45. The van der Waals surface area contributed by atoms with Crippen molar-refractivity contribution in [2.45, 2.75) is 27.2 Å². The smallest absolute Gasteiger partial charge is 0.317 e. The number of ketones is 1. The summed E-state index contributed by atoms with van der Waals surface area (Å²) in [6.07, 6.45) is -0.0354. The van der Waals surface area contributed by atoms with E-state index in [1.807, 2.05) is 0 Å². The molecular weight excluding hydrogens is 370 g/mol. The van der Waals surface area contributed by atoms with Gasteiger partial charge in [0.1, 0.15) is 17.4 Å². The molecular formula is C18H21N3O7. The van der Waals surface area contributed by atoms with Crippen LogP contribution in [0.15, 0.2) is 39.9 Å². The summed E-state index contributed by atoms with van der Waals surface area (Å²) < 4.78 is 10.1. The molecule has 1 atom stereocenters. The van der Waals surface area contributed by atoms with Gasteiger partial charge < -0.3 is 14.6 Å². The molecule has 0 amide bonds. The fraction of sp³-hybridized carbons (Fsp3) is 0.444. The minimum atomic E-state index is -1.06. The lowest BCUT2D eigenvalue weighted by Gasteiger charge is -2.35. The quantitative estimate of drug-likeness (QED) is 0.338. The summed E-state index contributed by atoms with van der Waals surface area (Å²) in [4.78, 5) is 35.0. The Morgan fingerprint density at radius 1 is 1.39 bits per heavy atom. The van der Waals surface area contributed by atoms with Gasteiger partial charge in [-0.1, -0.05) is 13.8 Å². The van der Waals surface area contributed by atoms with E-state index in [0.29, 0.717) is 0 Å². The van der Waals surface area contributed by atoms with E-state index in [4.69, 9.17) is 9.47 Å². The monoisotopic (exact) mass is 391 g/mol. The molecule has 1 aliphatic carbocycles. The summed E-state index contributed by atoms with van der Waals surface area (Å²) in [5.41, 5.74) is -1.27. The zero-order valence-corrected chi connectivity index (χ0v) is 16.0. The highest BCUT2D eigenvalue weighted by Crippen LogP contribution is 2.43. The Bertz CT molecular complexity index is 874. The van der Waals surface area contributed by atoms with Gasteiger partial charge in [-0.05, 0) is 18.4 Å². The second-order valence-corrected chi connectivity index (χ2v) is 6.82. The number of azo groups is 1. The van der Waals surface area contributed by atoms with Gasteiger partial charge in [-0.25, -0.2) is 0 Å². The molecule has 0 saturated heterocycles. The molecule has 10 nitrogen and oxygen atoms in total. The van der Waals surface area contributed by atoms with E-state index in [1.54, 1.807) is 20.8 Å². The second kappa shape index (κ2) is 8.15. The van der Waals surface area contributed by atoms with E-state index in [0.717, 1.165) is 6.07 Å². The van der Waals surface area contributed by atoms with Crippen molar-refractivity contribution in [3.8, 4) is 5.75 Å². The van der Waals surface area contributed by atoms with E-state index >= 15 is 0 Å². The molecule has 0 aliphatic heterocycles. The van der Waals surface area contributed by atoms with Crippen LogP contribution in [0.1, 0.15) is 27.2 Å². The van der Waals surface area contributed by atoms with Crippen molar-refractivity contribution >= 4 is 23.1 Å². The third-order valence-corrected chi connectivity index (χ3v) is 4.33. The number of non-ortho nitro benzene ring substituents is 1. The van der Waals surface area contributed by atoms with Crippen LogP contribution in [0.2, 0.25) is 0 Å². The third kappa shape index (κ3) is 4.16. The van der Waals surface area contributed by atoms with Crippen LogP contribution in [0.4, 0.5) is 11.4 Å². The number of nitrogens with zero attached hydrogens (tertiary/aromatic N) is 3. The van der Waals surface area contributed by atoms with Gasteiger partial charge in [0.2, 0.25) is 0 Å². The summed E-state index contributed by atoms with van der Waals surface area (Å²) >= 11 is 0. The highest BCUT2D eigenvalue weighted by atomic mass is 16.6. The molecule has 0 bridgehead atoms. The second-order valence-electron chi connectivity index (χ2n) is 6.82. The molecule has 0 saturated carbocycles. The molecule has 0 fully saturated rings. The lowest BCUT2D eigenvalue weighted by atomic mass is 9.70. The number of carbonyl (C=O) groups is 2. The molecule has 1 aromatic rings. The molecule has 0 spiro atoms. The highest BCUT2D eigenvalue weighted by Gasteiger charge is 2.47. The maximum absolute atomic E-state index is 12.4. The number of hydrogen-bond donors (Lipinski definition) is 1. The van der Waals surface area contributed by atoms with Crippen molar-refractivity contribution in [2.24, 2.45) is 21.6 Å². The van der Waals surface area contributed by atoms with E-state index < -0.39 is 33.8 Å². The Morgan fingerprint density at radius 2 is 2.07 bits per heavy atom. The number of carbonyl (C=O) groups excluding carboxylic acids is 2. The number of allylic oxidation sites excluding steroid dienone is 1. The van der Waals surface area contributed by atoms with Gasteiger partial charge in [-0.2, -0.15) is 0 Å². The number of esters is 1. The summed E-state index contributed by atoms with van der Waals surface area (Å²) in [6, 6.07) is 3.67. The number of methoxy groups -OCH3 is 1. The molecule has 1 aromatic carbocycles. The first-order valence-corrected chi connectivity index (χ1v) is 8.49. The van der Waals surface area contributed by atoms with Crippen LogP contribution in [-0.2, 0) is 14.3 Å². The number of Topliss-reactive ketones (excluding diaryl/α,β-unsaturated/α-hetero) is 1. The fourth-order valence-electron chi connectivity index (χ4n) is 2.98. The average Bonchev–Trinajstić information content (AvgIpc) is 2.60. The molecule has 0 heterocycles. The van der Waals surface area contributed by atoms with Crippen molar-refractivity contribution in [1.29, 1.82) is 0 Å². The Kier molecular flexibility index (Phi) is 6.12. The molecule has 28 heavy (non-hydrogen) atoms. The van der Waals surface area contributed by atoms with Crippen molar-refractivity contribution in [2.75, 3.05) is 13.7 Å². The first kappa shape index (κ1) is 21.0. The predicted octanol–water partition coefficient (Wildman–Crippen LogP) is 3.64. The van der Waals surface area contributed by atoms with Crippen LogP contribution in [0.25, 0.3) is 0 Å². The Labute approximate surface area is 161 Å². The SMILES string of the molecule is CCOC(=O)C1C(O)=C(/N=N/c2ccc([N+](=O)[O-])cc2OC)C(=O)CC1(C)C. The van der Waals surface area contributed by atoms with Gasteiger partial charge in [-0.15, -0.1) is 10.2 Å². The van der Waals surface area contributed by atoms with E-state index in [2.05, 4.69) is 10.2 Å². The average molecular weight is 391 g/mol. The number of hydrogen-bond acceptors (Lipinski definition) is 9. The number of aliphatic hydroxyl groups is 1. The zero-order chi connectivity index (χ0) is 21.1. The zero-order valence-electron chi connectivity index (χ0n) is 16.0. The molecule has 2 rings (SSSR count). The summed E-state index contributed by atoms with van der Waals surface area (Å²) in [6.45, 7) is 5.12. The Hall–Kier alpha value is -3.30. The first-order chi connectivity index (χ1) is 13.1. The molecule has 1 N–H and O–H groups in total. The van der Waals surface area contributed by atoms with E-state index in [-0.39, 0.29) is 35.8 Å². The topological polar surface area (TPSA) is 141 Å². The van der Waals surface area contributed by atoms with Crippen molar-refractivity contribution < 1.29 is 29.1 Å². The number of aliphatic hydroxyl groups excluding tert-OH is 1. The number of nitro groups is 1. The maximum Gasteiger partial charge on any atom is 0.317 e. The molecule has 1 unspecified atom stereocenters. The lowest BCUT2D eigenvalue weighted by Crippen LogP contribution is -2.40. The molecule has 10 heteroatoms. The molecule has 0 aromatic heterocycles. The lowest BCUT2D eigenvalue weighted by molar-refractivity contribution is -0.384. The molecule has 0 radical (unpaired) electrons. The number of ether oxygens (including phenoxy) is 2. The Morgan fingerprint density at radius 3 is 2.64 bits per heavy atom. The molecule has 1 aliphatic rings. The van der Waals surface area contributed by atoms with Crippen LogP contribution in [0.3, 0.4) is 0 Å². The summed E-state index contributed by atoms with van der Waals surface area (Å²) in [7, 11) is 1.31. The third-order valence-electron chi connectivity index (χ3n) is 4.33. The summed E-state index contributed by atoms with van der Waals surface area (Å²) in [5, 5.41) is 29.1. The number of nitro benzene ring substituents is 1. The van der Waals surface area contributed by atoms with Crippen molar-refractivity contribution in [1.82, 2.24) is 0 Å². The minimum Gasteiger partial charge on any atom is -0.509 e. The van der Waals surface area contributed by atoms with Crippen molar-refractivity contribution in [3.63, 3.8) is 0 Å². The largest absolute Gasteiger partial charge is 0.509 e. The van der Waals surface area contributed by atoms with Crippen LogP contribution in [0, 0.1) is 21.4 Å². The van der Waals surface area contributed by atoms with Gasteiger partial charge in [0.05, 0.1) is 24.7 Å². The molecule has 150 valence electrons. The van der Waals surface area contributed by atoms with Crippen LogP contribution >= 0.6 is 0 Å².